The van der Waals surface area contributed by atoms with Crippen molar-refractivity contribution in [3.63, 3.8) is 0 Å². The maximum Gasteiger partial charge on any atom is 0.120 e. The van der Waals surface area contributed by atoms with Crippen molar-refractivity contribution in [1.82, 2.24) is 0 Å². The van der Waals surface area contributed by atoms with Crippen LogP contribution in [0.1, 0.15) is 32.1 Å². The van der Waals surface area contributed by atoms with E-state index >= 15 is 0 Å². The number of hydrogen-bond donors (Lipinski definition) is 1. The molecule has 1 aromatic rings. The zero-order valence-electron chi connectivity index (χ0n) is 8.41. The third kappa shape index (κ3) is 2.86. The van der Waals surface area contributed by atoms with Crippen LogP contribution in [0.5, 0.6) is 0 Å². The number of nitrogens with two attached hydrogens (primary N) is 1. The fourth-order valence-corrected chi connectivity index (χ4v) is 1.22. The van der Waals surface area contributed by atoms with Crippen molar-refractivity contribution in [2.45, 2.75) is 31.9 Å². The minimum atomic E-state index is -0.202. The fourth-order valence-electron chi connectivity index (χ4n) is 1.22. The van der Waals surface area contributed by atoms with Crippen LogP contribution in [-0.2, 0) is 4.74 Å². The minimum Gasteiger partial charge on any atom is -0.468 e. The van der Waals surface area contributed by atoms with Crippen LogP contribution < -0.4 is 5.73 Å². The Balaban J connectivity index is 2.56. The van der Waals surface area contributed by atoms with E-state index in [2.05, 4.69) is 0 Å². The van der Waals surface area contributed by atoms with E-state index < -0.39 is 0 Å². The van der Waals surface area contributed by atoms with Crippen molar-refractivity contribution < 1.29 is 9.15 Å². The van der Waals surface area contributed by atoms with Gasteiger partial charge >= 0.3 is 0 Å². The topological polar surface area (TPSA) is 48.4 Å². The average molecular weight is 183 g/mol. The first-order valence-corrected chi connectivity index (χ1v) is 4.39. The van der Waals surface area contributed by atoms with Gasteiger partial charge in [-0.1, -0.05) is 0 Å². The molecular weight excluding hydrogens is 166 g/mol. The highest BCUT2D eigenvalue weighted by atomic mass is 16.5. The molecule has 2 N–H and O–H groups in total. The molecule has 0 aliphatic carbocycles. The van der Waals surface area contributed by atoms with Crippen LogP contribution in [0.15, 0.2) is 22.8 Å². The van der Waals surface area contributed by atoms with Gasteiger partial charge in [-0.15, -0.1) is 0 Å². The van der Waals surface area contributed by atoms with Crippen molar-refractivity contribution in [2.24, 2.45) is 5.73 Å². The number of methoxy groups -OCH3 is 1. The van der Waals surface area contributed by atoms with Gasteiger partial charge in [0, 0.05) is 7.11 Å². The van der Waals surface area contributed by atoms with E-state index in [9.17, 15) is 0 Å². The summed E-state index contributed by atoms with van der Waals surface area (Å²) < 4.78 is 10.5. The average Bonchev–Trinajstić information content (AvgIpc) is 2.55. The standard InChI is InChI=1S/C10H17NO2/c1-10(2,12-3)7-8(11)9-5-4-6-13-9/h4-6,8H,7,11H2,1-3H3. The molecule has 0 aliphatic heterocycles. The minimum absolute atomic E-state index is 0.0926. The Morgan fingerprint density at radius 3 is 2.77 bits per heavy atom. The second-order valence-corrected chi connectivity index (χ2v) is 3.79. The van der Waals surface area contributed by atoms with Gasteiger partial charge in [0.25, 0.3) is 0 Å². The van der Waals surface area contributed by atoms with Crippen molar-refractivity contribution in [1.29, 1.82) is 0 Å². The van der Waals surface area contributed by atoms with Gasteiger partial charge in [-0.05, 0) is 32.4 Å². The summed E-state index contributed by atoms with van der Waals surface area (Å²) in [6.45, 7) is 4.02. The molecule has 0 bridgehead atoms. The normalized spacial score (nSPS) is 14.5. The molecule has 1 atom stereocenters. The monoisotopic (exact) mass is 183 g/mol. The first kappa shape index (κ1) is 10.3. The van der Waals surface area contributed by atoms with Gasteiger partial charge in [0.15, 0.2) is 0 Å². The summed E-state index contributed by atoms with van der Waals surface area (Å²) in [5, 5.41) is 0. The fraction of sp³-hybridized carbons (Fsp3) is 0.600. The van der Waals surface area contributed by atoms with E-state index in [4.69, 9.17) is 14.9 Å². The van der Waals surface area contributed by atoms with Crippen LogP contribution in [0, 0.1) is 0 Å². The van der Waals surface area contributed by atoms with Crippen molar-refractivity contribution in [3.8, 4) is 0 Å². The van der Waals surface area contributed by atoms with E-state index in [0.717, 1.165) is 12.2 Å². The highest BCUT2D eigenvalue weighted by molar-refractivity contribution is 5.04. The lowest BCUT2D eigenvalue weighted by Gasteiger charge is -2.25. The molecule has 1 rings (SSSR count). The zero-order chi connectivity index (χ0) is 9.90. The molecule has 0 amide bonds. The summed E-state index contributed by atoms with van der Waals surface area (Å²) in [6, 6.07) is 3.63. The van der Waals surface area contributed by atoms with Gasteiger partial charge in [0.1, 0.15) is 5.76 Å². The van der Waals surface area contributed by atoms with E-state index in [1.165, 1.54) is 0 Å². The molecule has 74 valence electrons. The van der Waals surface area contributed by atoms with Gasteiger partial charge in [-0.2, -0.15) is 0 Å². The molecule has 1 heterocycles. The maximum atomic E-state index is 5.93. The molecule has 0 aromatic carbocycles. The molecule has 3 nitrogen and oxygen atoms in total. The highest BCUT2D eigenvalue weighted by Gasteiger charge is 2.22. The van der Waals surface area contributed by atoms with Crippen LogP contribution in [0.2, 0.25) is 0 Å². The first-order chi connectivity index (χ1) is 6.05. The maximum absolute atomic E-state index is 5.93. The molecule has 13 heavy (non-hydrogen) atoms. The number of hydrogen-bond acceptors (Lipinski definition) is 3. The lowest BCUT2D eigenvalue weighted by atomic mass is 9.98. The van der Waals surface area contributed by atoms with Crippen LogP contribution in [0.3, 0.4) is 0 Å². The highest BCUT2D eigenvalue weighted by Crippen LogP contribution is 2.23. The third-order valence-electron chi connectivity index (χ3n) is 2.17. The lowest BCUT2D eigenvalue weighted by molar-refractivity contribution is 0.00844. The van der Waals surface area contributed by atoms with Crippen molar-refractivity contribution in [2.75, 3.05) is 7.11 Å². The second kappa shape index (κ2) is 3.94. The Bertz CT molecular complexity index is 241. The van der Waals surface area contributed by atoms with Gasteiger partial charge in [0.05, 0.1) is 17.9 Å². The molecule has 0 fully saturated rings. The first-order valence-electron chi connectivity index (χ1n) is 4.39. The molecule has 0 saturated carbocycles. The Morgan fingerprint density at radius 1 is 1.62 bits per heavy atom. The van der Waals surface area contributed by atoms with Crippen LogP contribution in [0.4, 0.5) is 0 Å². The summed E-state index contributed by atoms with van der Waals surface area (Å²) in [5.74, 6) is 0.810. The Kier molecular flexibility index (Phi) is 3.12. The third-order valence-corrected chi connectivity index (χ3v) is 2.17. The predicted octanol–water partition coefficient (Wildman–Crippen LogP) is 2.09. The Morgan fingerprint density at radius 2 is 2.31 bits per heavy atom. The molecule has 3 heteroatoms. The quantitative estimate of drug-likeness (QED) is 0.777. The molecule has 1 aromatic heterocycles. The number of rotatable bonds is 4. The van der Waals surface area contributed by atoms with Crippen molar-refractivity contribution >= 4 is 0 Å². The molecule has 0 aliphatic rings. The summed E-state index contributed by atoms with van der Waals surface area (Å²) in [4.78, 5) is 0. The Hall–Kier alpha value is -0.800. The number of ether oxygens (including phenoxy) is 1. The SMILES string of the molecule is COC(C)(C)CC(N)c1ccco1. The second-order valence-electron chi connectivity index (χ2n) is 3.79. The van der Waals surface area contributed by atoms with Crippen LogP contribution in [-0.4, -0.2) is 12.7 Å². The smallest absolute Gasteiger partial charge is 0.120 e. The largest absolute Gasteiger partial charge is 0.468 e. The molecule has 1 unspecified atom stereocenters. The molecule has 0 radical (unpaired) electrons. The van der Waals surface area contributed by atoms with Gasteiger partial charge < -0.3 is 14.9 Å². The molecular formula is C10H17NO2. The molecule has 0 spiro atoms. The summed E-state index contributed by atoms with van der Waals surface area (Å²) in [5.41, 5.74) is 5.73. The number of furan rings is 1. The van der Waals surface area contributed by atoms with E-state index in [-0.39, 0.29) is 11.6 Å². The van der Waals surface area contributed by atoms with Gasteiger partial charge in [-0.25, -0.2) is 0 Å². The summed E-state index contributed by atoms with van der Waals surface area (Å²) in [6.07, 6.45) is 2.38. The van der Waals surface area contributed by atoms with E-state index in [1.54, 1.807) is 13.4 Å². The predicted molar refractivity (Wildman–Crippen MR) is 51.3 cm³/mol. The summed E-state index contributed by atoms with van der Waals surface area (Å²) in [7, 11) is 1.69. The lowest BCUT2D eigenvalue weighted by Crippen LogP contribution is -2.28. The van der Waals surface area contributed by atoms with Crippen LogP contribution >= 0.6 is 0 Å². The van der Waals surface area contributed by atoms with Gasteiger partial charge in [-0.3, -0.25) is 0 Å². The zero-order valence-corrected chi connectivity index (χ0v) is 8.41. The van der Waals surface area contributed by atoms with Gasteiger partial charge in [0.2, 0.25) is 0 Å². The van der Waals surface area contributed by atoms with Crippen LogP contribution in [0.25, 0.3) is 0 Å². The van der Waals surface area contributed by atoms with E-state index in [0.29, 0.717) is 0 Å². The Labute approximate surface area is 78.9 Å². The van der Waals surface area contributed by atoms with Crippen molar-refractivity contribution in [3.05, 3.63) is 24.2 Å². The van der Waals surface area contributed by atoms with E-state index in [1.807, 2.05) is 26.0 Å². The molecule has 0 saturated heterocycles. The summed E-state index contributed by atoms with van der Waals surface area (Å²) >= 11 is 0.